The molecule has 1 heterocycles. The number of nitriles is 1. The number of rotatable bonds is 3. The maximum absolute atomic E-state index is 13.4. The molecule has 0 aliphatic rings. The standard InChI is InChI=1S/C12H8BrFN4O/c1-16-12-17-6-9(13)11(18-12)19-8-3-2-7(5-15)10(14)4-8/h2-4,6H,1H3,(H,16,17,18). The van der Waals surface area contributed by atoms with E-state index in [1.165, 1.54) is 18.3 Å². The summed E-state index contributed by atoms with van der Waals surface area (Å²) in [6.07, 6.45) is 1.52. The molecule has 2 aromatic rings. The molecule has 19 heavy (non-hydrogen) atoms. The number of aromatic nitrogens is 2. The van der Waals surface area contributed by atoms with Gasteiger partial charge in [-0.25, -0.2) is 9.37 Å². The molecule has 1 aromatic heterocycles. The number of anilines is 1. The van der Waals surface area contributed by atoms with Crippen LogP contribution in [0.1, 0.15) is 5.56 Å². The number of benzene rings is 1. The van der Waals surface area contributed by atoms with Gasteiger partial charge in [-0.15, -0.1) is 0 Å². The Bertz CT molecular complexity index is 657. The Labute approximate surface area is 117 Å². The van der Waals surface area contributed by atoms with E-state index in [9.17, 15) is 4.39 Å². The molecule has 0 bridgehead atoms. The van der Waals surface area contributed by atoms with Crippen LogP contribution in [-0.4, -0.2) is 17.0 Å². The van der Waals surface area contributed by atoms with E-state index in [1.807, 2.05) is 0 Å². The SMILES string of the molecule is CNc1ncc(Br)c(Oc2ccc(C#N)c(F)c2)n1. The predicted molar refractivity (Wildman–Crippen MR) is 70.5 cm³/mol. The fraction of sp³-hybridized carbons (Fsp3) is 0.0833. The fourth-order valence-electron chi connectivity index (χ4n) is 1.31. The summed E-state index contributed by atoms with van der Waals surface area (Å²) in [7, 11) is 1.67. The first-order valence-corrected chi connectivity index (χ1v) is 6.01. The Kier molecular flexibility index (Phi) is 3.92. The third-order valence-electron chi connectivity index (χ3n) is 2.21. The third-order valence-corrected chi connectivity index (χ3v) is 2.76. The van der Waals surface area contributed by atoms with Crippen molar-refractivity contribution in [2.24, 2.45) is 0 Å². The molecule has 0 saturated carbocycles. The lowest BCUT2D eigenvalue weighted by atomic mass is 10.2. The molecule has 0 aliphatic heterocycles. The van der Waals surface area contributed by atoms with Gasteiger partial charge in [0.25, 0.3) is 0 Å². The van der Waals surface area contributed by atoms with Crippen LogP contribution in [0.5, 0.6) is 11.6 Å². The van der Waals surface area contributed by atoms with Gasteiger partial charge in [-0.3, -0.25) is 0 Å². The zero-order chi connectivity index (χ0) is 13.8. The van der Waals surface area contributed by atoms with Crippen LogP contribution in [0.4, 0.5) is 10.3 Å². The second-order valence-corrected chi connectivity index (χ2v) is 4.31. The molecular formula is C12H8BrFN4O. The molecule has 5 nitrogen and oxygen atoms in total. The van der Waals surface area contributed by atoms with Gasteiger partial charge in [0.1, 0.15) is 17.6 Å². The van der Waals surface area contributed by atoms with Gasteiger partial charge < -0.3 is 10.1 Å². The monoisotopic (exact) mass is 322 g/mol. The summed E-state index contributed by atoms with van der Waals surface area (Å²) in [5.41, 5.74) is -0.0370. The Morgan fingerprint density at radius 2 is 2.26 bits per heavy atom. The minimum atomic E-state index is -0.640. The van der Waals surface area contributed by atoms with Crippen LogP contribution in [0.2, 0.25) is 0 Å². The van der Waals surface area contributed by atoms with Gasteiger partial charge >= 0.3 is 0 Å². The molecule has 0 unspecified atom stereocenters. The van der Waals surface area contributed by atoms with Gasteiger partial charge in [0.15, 0.2) is 0 Å². The Balaban J connectivity index is 2.31. The zero-order valence-electron chi connectivity index (χ0n) is 9.82. The van der Waals surface area contributed by atoms with Crippen LogP contribution >= 0.6 is 15.9 Å². The van der Waals surface area contributed by atoms with Gasteiger partial charge in [0.2, 0.25) is 11.8 Å². The number of halogens is 2. The summed E-state index contributed by atoms with van der Waals surface area (Å²) in [5.74, 6) is 0.243. The minimum Gasteiger partial charge on any atom is -0.438 e. The smallest absolute Gasteiger partial charge is 0.238 e. The Hall–Kier alpha value is -2.20. The van der Waals surface area contributed by atoms with Crippen molar-refractivity contribution >= 4 is 21.9 Å². The lowest BCUT2D eigenvalue weighted by Gasteiger charge is -2.08. The maximum atomic E-state index is 13.4. The molecule has 0 atom stereocenters. The summed E-state index contributed by atoms with van der Waals surface area (Å²) in [5, 5.41) is 11.4. The number of hydrogen-bond donors (Lipinski definition) is 1. The number of nitrogens with one attached hydrogen (secondary N) is 1. The van der Waals surface area contributed by atoms with E-state index in [2.05, 4.69) is 31.2 Å². The van der Waals surface area contributed by atoms with Crippen LogP contribution < -0.4 is 10.1 Å². The maximum Gasteiger partial charge on any atom is 0.238 e. The molecule has 96 valence electrons. The summed E-state index contributed by atoms with van der Waals surface area (Å²) in [6, 6.07) is 5.71. The first-order chi connectivity index (χ1) is 9.13. The van der Waals surface area contributed by atoms with Crippen LogP contribution in [0.3, 0.4) is 0 Å². The van der Waals surface area contributed by atoms with E-state index >= 15 is 0 Å². The van der Waals surface area contributed by atoms with E-state index in [0.29, 0.717) is 10.4 Å². The summed E-state index contributed by atoms with van der Waals surface area (Å²) in [4.78, 5) is 8.06. The highest BCUT2D eigenvalue weighted by molar-refractivity contribution is 9.10. The molecule has 1 aromatic carbocycles. The third kappa shape index (κ3) is 2.98. The van der Waals surface area contributed by atoms with E-state index < -0.39 is 5.82 Å². The lowest BCUT2D eigenvalue weighted by Crippen LogP contribution is -1.98. The van der Waals surface area contributed by atoms with Gasteiger partial charge in [-0.1, -0.05) is 0 Å². The van der Waals surface area contributed by atoms with Crippen molar-refractivity contribution in [3.63, 3.8) is 0 Å². The Morgan fingerprint density at radius 1 is 1.47 bits per heavy atom. The van der Waals surface area contributed by atoms with Crippen LogP contribution in [-0.2, 0) is 0 Å². The first kappa shape index (κ1) is 13.2. The van der Waals surface area contributed by atoms with Gasteiger partial charge in [0.05, 0.1) is 16.2 Å². The van der Waals surface area contributed by atoms with Crippen molar-refractivity contribution < 1.29 is 9.13 Å². The van der Waals surface area contributed by atoms with Crippen molar-refractivity contribution in [1.29, 1.82) is 5.26 Å². The normalized spacial score (nSPS) is 9.79. The molecule has 0 spiro atoms. The van der Waals surface area contributed by atoms with Crippen LogP contribution in [0.15, 0.2) is 28.9 Å². The number of nitrogens with zero attached hydrogens (tertiary/aromatic N) is 3. The van der Waals surface area contributed by atoms with Crippen molar-refractivity contribution in [2.45, 2.75) is 0 Å². The Morgan fingerprint density at radius 3 is 2.89 bits per heavy atom. The van der Waals surface area contributed by atoms with Crippen molar-refractivity contribution in [3.8, 4) is 17.7 Å². The largest absolute Gasteiger partial charge is 0.438 e. The quantitative estimate of drug-likeness (QED) is 0.940. The molecule has 0 saturated heterocycles. The molecular weight excluding hydrogens is 315 g/mol. The second-order valence-electron chi connectivity index (χ2n) is 3.45. The van der Waals surface area contributed by atoms with Gasteiger partial charge in [-0.2, -0.15) is 10.2 Å². The molecule has 0 aliphatic carbocycles. The highest BCUT2D eigenvalue weighted by atomic mass is 79.9. The van der Waals surface area contributed by atoms with E-state index in [-0.39, 0.29) is 17.2 Å². The molecule has 0 fully saturated rings. The van der Waals surface area contributed by atoms with E-state index in [1.54, 1.807) is 13.1 Å². The van der Waals surface area contributed by atoms with Gasteiger partial charge in [0, 0.05) is 13.1 Å². The van der Waals surface area contributed by atoms with Crippen molar-refractivity contribution in [2.75, 3.05) is 12.4 Å². The van der Waals surface area contributed by atoms with E-state index in [4.69, 9.17) is 10.00 Å². The van der Waals surface area contributed by atoms with E-state index in [0.717, 1.165) is 6.07 Å². The predicted octanol–water partition coefficient (Wildman–Crippen LogP) is 3.08. The number of hydrogen-bond acceptors (Lipinski definition) is 5. The van der Waals surface area contributed by atoms with Gasteiger partial charge in [-0.05, 0) is 28.1 Å². The summed E-state index contributed by atoms with van der Waals surface area (Å²) < 4.78 is 19.4. The van der Waals surface area contributed by atoms with Crippen molar-refractivity contribution in [3.05, 3.63) is 40.2 Å². The number of ether oxygens (including phenoxy) is 1. The molecule has 7 heteroatoms. The fourth-order valence-corrected chi connectivity index (χ4v) is 1.58. The second kappa shape index (κ2) is 5.63. The molecule has 0 amide bonds. The molecule has 2 rings (SSSR count). The average molecular weight is 323 g/mol. The lowest BCUT2D eigenvalue weighted by molar-refractivity contribution is 0.454. The average Bonchev–Trinajstić information content (AvgIpc) is 2.41. The summed E-state index contributed by atoms with van der Waals surface area (Å²) >= 11 is 3.24. The zero-order valence-corrected chi connectivity index (χ0v) is 11.4. The highest BCUT2D eigenvalue weighted by Crippen LogP contribution is 2.28. The van der Waals surface area contributed by atoms with Crippen molar-refractivity contribution in [1.82, 2.24) is 9.97 Å². The first-order valence-electron chi connectivity index (χ1n) is 5.22. The van der Waals surface area contributed by atoms with Crippen LogP contribution in [0, 0.1) is 17.1 Å². The molecule has 1 N–H and O–H groups in total. The minimum absolute atomic E-state index is 0.0370. The summed E-state index contributed by atoms with van der Waals surface area (Å²) in [6.45, 7) is 0. The highest BCUT2D eigenvalue weighted by Gasteiger charge is 2.09. The van der Waals surface area contributed by atoms with Crippen LogP contribution in [0.25, 0.3) is 0 Å². The topological polar surface area (TPSA) is 70.8 Å². The molecule has 0 radical (unpaired) electrons.